The van der Waals surface area contributed by atoms with E-state index in [-0.39, 0.29) is 25.2 Å². The van der Waals surface area contributed by atoms with Crippen LogP contribution in [0.25, 0.3) is 10.9 Å². The van der Waals surface area contributed by atoms with Gasteiger partial charge in [0.25, 0.3) is 0 Å². The van der Waals surface area contributed by atoms with Crippen LogP contribution in [0, 0.1) is 0 Å². The van der Waals surface area contributed by atoms with Gasteiger partial charge in [0, 0.05) is 26.2 Å². The Morgan fingerprint density at radius 1 is 0.941 bits per heavy atom. The number of nitrogens with zero attached hydrogens (tertiary/aromatic N) is 4. The fraction of sp³-hybridized carbons (Fsp3) is 0.375. The van der Waals surface area contributed by atoms with Gasteiger partial charge in [-0.2, -0.15) is 4.98 Å². The molecule has 1 saturated heterocycles. The molecule has 4 rings (SSSR count). The first kappa shape index (κ1) is 23.7. The largest absolute Gasteiger partial charge is 0.474 e. The quantitative estimate of drug-likeness (QED) is 0.446. The molecule has 1 aliphatic heterocycles. The molecule has 2 aromatic carbocycles. The number of fused-ring (bicyclic) bond motifs is 1. The van der Waals surface area contributed by atoms with Crippen molar-refractivity contribution in [3.63, 3.8) is 0 Å². The Morgan fingerprint density at radius 2 is 1.65 bits per heavy atom. The third-order valence-corrected chi connectivity index (χ3v) is 5.60. The molecule has 3 aromatic rings. The number of carbonyl (C=O) groups excluding carboxylic acids is 1. The van der Waals surface area contributed by atoms with E-state index in [4.69, 9.17) is 14.6 Å². The van der Waals surface area contributed by atoms with Crippen LogP contribution in [0.5, 0.6) is 5.88 Å². The number of para-hydroxylation sites is 1. The second kappa shape index (κ2) is 11.1. The summed E-state index contributed by atoms with van der Waals surface area (Å²) in [4.78, 5) is 25.2. The first-order valence-electron chi connectivity index (χ1n) is 11.1. The molecule has 0 spiro atoms. The molecular weight excluding hydrogens is 440 g/mol. The minimum atomic E-state index is -1.30. The van der Waals surface area contributed by atoms with E-state index in [0.29, 0.717) is 43.0 Å². The van der Waals surface area contributed by atoms with Crippen LogP contribution in [0.15, 0.2) is 54.6 Å². The Bertz CT molecular complexity index is 1090. The van der Waals surface area contributed by atoms with Gasteiger partial charge in [0.1, 0.15) is 25.4 Å². The molecule has 2 heterocycles. The molecule has 1 aromatic heterocycles. The number of anilines is 1. The van der Waals surface area contributed by atoms with Crippen molar-refractivity contribution in [2.75, 3.05) is 44.3 Å². The number of aliphatic hydroxyl groups excluding tert-OH is 3. The average Bonchev–Trinajstić information content (AvgIpc) is 2.90. The van der Waals surface area contributed by atoms with Crippen LogP contribution in [0.2, 0.25) is 0 Å². The van der Waals surface area contributed by atoms with Gasteiger partial charge in [-0.3, -0.25) is 0 Å². The summed E-state index contributed by atoms with van der Waals surface area (Å²) in [5.74, 6) is 0.720. The number of aromatic nitrogens is 2. The summed E-state index contributed by atoms with van der Waals surface area (Å²) in [5.41, 5.74) is 1.60. The van der Waals surface area contributed by atoms with Gasteiger partial charge in [-0.1, -0.05) is 42.5 Å². The summed E-state index contributed by atoms with van der Waals surface area (Å²) in [6, 6.07) is 16.9. The minimum Gasteiger partial charge on any atom is -0.474 e. The molecule has 0 saturated carbocycles. The highest BCUT2D eigenvalue weighted by molar-refractivity contribution is 5.84. The van der Waals surface area contributed by atoms with E-state index in [9.17, 15) is 15.0 Å². The van der Waals surface area contributed by atoms with Gasteiger partial charge in [-0.25, -0.2) is 9.78 Å². The third-order valence-electron chi connectivity index (χ3n) is 5.60. The first-order valence-corrected chi connectivity index (χ1v) is 11.1. The number of piperazine rings is 1. The Kier molecular flexibility index (Phi) is 7.73. The second-order valence-electron chi connectivity index (χ2n) is 7.99. The number of carbonyl (C=O) groups is 1. The van der Waals surface area contributed by atoms with Gasteiger partial charge in [-0.05, 0) is 17.7 Å². The lowest BCUT2D eigenvalue weighted by Gasteiger charge is -2.34. The molecular formula is C24H28N4O6. The highest BCUT2D eigenvalue weighted by atomic mass is 16.6. The van der Waals surface area contributed by atoms with Crippen LogP contribution in [0.3, 0.4) is 0 Å². The minimum absolute atomic E-state index is 0.227. The fourth-order valence-electron chi connectivity index (χ4n) is 3.58. The summed E-state index contributed by atoms with van der Waals surface area (Å²) in [6.07, 6.45) is -2.92. The summed E-state index contributed by atoms with van der Waals surface area (Å²) in [6.45, 7) is 1.38. The van der Waals surface area contributed by atoms with Crippen molar-refractivity contribution in [2.24, 2.45) is 0 Å². The molecule has 0 bridgehead atoms. The maximum absolute atomic E-state index is 12.4. The summed E-state index contributed by atoms with van der Waals surface area (Å²) >= 11 is 0. The average molecular weight is 469 g/mol. The summed E-state index contributed by atoms with van der Waals surface area (Å²) in [5, 5.41) is 29.2. The van der Waals surface area contributed by atoms with Crippen LogP contribution in [-0.2, 0) is 11.3 Å². The van der Waals surface area contributed by atoms with Crippen molar-refractivity contribution in [3.8, 4) is 5.88 Å². The number of rotatable bonds is 8. The number of amides is 1. The lowest BCUT2D eigenvalue weighted by molar-refractivity contribution is -0.0343. The van der Waals surface area contributed by atoms with Crippen molar-refractivity contribution in [1.82, 2.24) is 14.9 Å². The van der Waals surface area contributed by atoms with Gasteiger partial charge >= 0.3 is 6.09 Å². The van der Waals surface area contributed by atoms with E-state index in [0.717, 1.165) is 5.56 Å². The third kappa shape index (κ3) is 5.71. The molecule has 3 N–H and O–H groups in total. The molecule has 1 fully saturated rings. The molecule has 0 aliphatic carbocycles. The molecule has 0 radical (unpaired) electrons. The zero-order valence-electron chi connectivity index (χ0n) is 18.7. The Morgan fingerprint density at radius 3 is 2.38 bits per heavy atom. The predicted octanol–water partition coefficient (Wildman–Crippen LogP) is 1.18. The van der Waals surface area contributed by atoms with Crippen LogP contribution in [0.4, 0.5) is 10.7 Å². The number of benzene rings is 2. The molecule has 180 valence electrons. The molecule has 2 atom stereocenters. The summed E-state index contributed by atoms with van der Waals surface area (Å²) < 4.78 is 11.1. The molecule has 1 amide bonds. The predicted molar refractivity (Wildman–Crippen MR) is 125 cm³/mol. The van der Waals surface area contributed by atoms with E-state index in [2.05, 4.69) is 9.97 Å². The molecule has 0 unspecified atom stereocenters. The van der Waals surface area contributed by atoms with Crippen molar-refractivity contribution in [2.45, 2.75) is 18.8 Å². The number of hydrogen-bond donors (Lipinski definition) is 3. The highest BCUT2D eigenvalue weighted by Crippen LogP contribution is 2.26. The standard InChI is InChI=1S/C24H28N4O6/c29-14-20(30)21(31)16-33-22-18-8-4-5-9-19(18)25-23(26-22)27-10-12-28(13-11-27)24(32)34-15-17-6-2-1-3-7-17/h1-9,20-21,29-31H,10-16H2/t20-,21-/m0/s1. The fourth-order valence-corrected chi connectivity index (χ4v) is 3.58. The molecule has 34 heavy (non-hydrogen) atoms. The second-order valence-corrected chi connectivity index (χ2v) is 7.99. The van der Waals surface area contributed by atoms with Crippen molar-refractivity contribution in [3.05, 3.63) is 60.2 Å². The van der Waals surface area contributed by atoms with Gasteiger partial charge < -0.3 is 34.6 Å². The Labute approximate surface area is 197 Å². The lowest BCUT2D eigenvalue weighted by atomic mass is 10.2. The molecule has 10 nitrogen and oxygen atoms in total. The Balaban J connectivity index is 1.40. The normalized spacial score (nSPS) is 15.7. The van der Waals surface area contributed by atoms with E-state index in [1.165, 1.54) is 0 Å². The van der Waals surface area contributed by atoms with E-state index >= 15 is 0 Å². The van der Waals surface area contributed by atoms with E-state index in [1.54, 1.807) is 4.90 Å². The SMILES string of the molecule is O=C(OCc1ccccc1)N1CCN(c2nc(OC[C@H](O)[C@@H](O)CO)c3ccccc3n2)CC1. The summed E-state index contributed by atoms with van der Waals surface area (Å²) in [7, 11) is 0. The van der Waals surface area contributed by atoms with Crippen molar-refractivity contribution >= 4 is 22.9 Å². The number of aliphatic hydroxyl groups is 3. The highest BCUT2D eigenvalue weighted by Gasteiger charge is 2.25. The molecule has 1 aliphatic rings. The maximum atomic E-state index is 12.4. The van der Waals surface area contributed by atoms with Gasteiger partial charge in [-0.15, -0.1) is 0 Å². The molecule has 10 heteroatoms. The van der Waals surface area contributed by atoms with E-state index in [1.807, 2.05) is 59.5 Å². The first-order chi connectivity index (χ1) is 16.5. The van der Waals surface area contributed by atoms with Crippen LogP contribution in [0.1, 0.15) is 5.56 Å². The number of ether oxygens (including phenoxy) is 2. The van der Waals surface area contributed by atoms with Gasteiger partial charge in [0.05, 0.1) is 17.5 Å². The number of hydrogen-bond acceptors (Lipinski definition) is 9. The van der Waals surface area contributed by atoms with E-state index < -0.39 is 18.8 Å². The Hall–Kier alpha value is -3.47. The van der Waals surface area contributed by atoms with Gasteiger partial charge in [0.15, 0.2) is 0 Å². The smallest absolute Gasteiger partial charge is 0.410 e. The van der Waals surface area contributed by atoms with Crippen molar-refractivity contribution in [1.29, 1.82) is 0 Å². The van der Waals surface area contributed by atoms with Crippen LogP contribution >= 0.6 is 0 Å². The zero-order chi connectivity index (χ0) is 23.9. The van der Waals surface area contributed by atoms with Crippen LogP contribution < -0.4 is 9.64 Å². The zero-order valence-corrected chi connectivity index (χ0v) is 18.7. The maximum Gasteiger partial charge on any atom is 0.410 e. The van der Waals surface area contributed by atoms with Crippen LogP contribution in [-0.4, -0.2) is 87.9 Å². The van der Waals surface area contributed by atoms with Gasteiger partial charge in [0.2, 0.25) is 11.8 Å². The monoisotopic (exact) mass is 468 g/mol. The van der Waals surface area contributed by atoms with Crippen molar-refractivity contribution < 1.29 is 29.6 Å². The lowest BCUT2D eigenvalue weighted by Crippen LogP contribution is -2.49. The topological polar surface area (TPSA) is 128 Å².